The van der Waals surface area contributed by atoms with E-state index in [4.69, 9.17) is 14.2 Å². The molecule has 1 heterocycles. The average molecular weight is 335 g/mol. The molecule has 0 spiro atoms. The van der Waals surface area contributed by atoms with Crippen LogP contribution in [0, 0.1) is 5.92 Å². The number of methoxy groups -OCH3 is 2. The molecule has 0 radical (unpaired) electrons. The zero-order chi connectivity index (χ0) is 17.2. The van der Waals surface area contributed by atoms with Crippen LogP contribution in [0.1, 0.15) is 12.0 Å². The maximum Gasteiger partial charge on any atom is 0.193 e. The fourth-order valence-corrected chi connectivity index (χ4v) is 2.91. The van der Waals surface area contributed by atoms with Gasteiger partial charge in [-0.2, -0.15) is 0 Å². The van der Waals surface area contributed by atoms with E-state index in [9.17, 15) is 0 Å². The Morgan fingerprint density at radius 3 is 2.88 bits per heavy atom. The summed E-state index contributed by atoms with van der Waals surface area (Å²) in [4.78, 5) is 6.71. The van der Waals surface area contributed by atoms with E-state index in [1.165, 1.54) is 0 Å². The summed E-state index contributed by atoms with van der Waals surface area (Å²) >= 11 is 0. The number of ether oxygens (including phenoxy) is 3. The lowest BCUT2D eigenvalue weighted by Gasteiger charge is -2.22. The van der Waals surface area contributed by atoms with Gasteiger partial charge in [-0.3, -0.25) is 4.99 Å². The number of guanidine groups is 1. The quantitative estimate of drug-likeness (QED) is 0.446. The summed E-state index contributed by atoms with van der Waals surface area (Å²) in [5.41, 5.74) is 1.12. The monoisotopic (exact) mass is 335 g/mol. The Morgan fingerprint density at radius 1 is 1.29 bits per heavy atom. The van der Waals surface area contributed by atoms with E-state index < -0.39 is 0 Å². The van der Waals surface area contributed by atoms with Gasteiger partial charge in [-0.25, -0.2) is 0 Å². The average Bonchev–Trinajstić information content (AvgIpc) is 3.08. The maximum absolute atomic E-state index is 5.65. The molecule has 1 unspecified atom stereocenters. The van der Waals surface area contributed by atoms with Crippen molar-refractivity contribution in [2.45, 2.75) is 13.0 Å². The van der Waals surface area contributed by atoms with Gasteiger partial charge in [-0.05, 0) is 12.5 Å². The third kappa shape index (κ3) is 5.39. The number of nitrogens with zero attached hydrogens (tertiary/aromatic N) is 2. The summed E-state index contributed by atoms with van der Waals surface area (Å²) in [6, 6.07) is 8.04. The predicted molar refractivity (Wildman–Crippen MR) is 95.6 cm³/mol. The lowest BCUT2D eigenvalue weighted by molar-refractivity contribution is 0.0536. The van der Waals surface area contributed by atoms with Crippen molar-refractivity contribution in [2.75, 3.05) is 54.2 Å². The number of rotatable bonds is 8. The summed E-state index contributed by atoms with van der Waals surface area (Å²) in [6.45, 7) is 4.76. The summed E-state index contributed by atoms with van der Waals surface area (Å²) in [5.74, 6) is 2.37. The van der Waals surface area contributed by atoms with Crippen molar-refractivity contribution < 1.29 is 14.2 Å². The number of hydrogen-bond donors (Lipinski definition) is 1. The van der Waals surface area contributed by atoms with Gasteiger partial charge >= 0.3 is 0 Å². The predicted octanol–water partition coefficient (Wildman–Crippen LogP) is 1.76. The molecule has 1 fully saturated rings. The second kappa shape index (κ2) is 10.2. The molecule has 6 nitrogen and oxygen atoms in total. The molecule has 0 saturated carbocycles. The number of likely N-dealkylation sites (tertiary alicyclic amines) is 1. The Kier molecular flexibility index (Phi) is 7.85. The number of benzene rings is 1. The molecule has 134 valence electrons. The second-order valence-electron chi connectivity index (χ2n) is 5.88. The van der Waals surface area contributed by atoms with Crippen molar-refractivity contribution in [3.05, 3.63) is 29.8 Å². The molecule has 1 aromatic rings. The molecule has 1 saturated heterocycles. The lowest BCUT2D eigenvalue weighted by atomic mass is 10.1. The number of nitrogens with one attached hydrogen (secondary N) is 1. The molecule has 24 heavy (non-hydrogen) atoms. The van der Waals surface area contributed by atoms with Crippen LogP contribution in [0.15, 0.2) is 29.3 Å². The molecule has 6 heteroatoms. The van der Waals surface area contributed by atoms with Crippen molar-refractivity contribution in [3.63, 3.8) is 0 Å². The fraction of sp³-hybridized carbons (Fsp3) is 0.611. The zero-order valence-electron chi connectivity index (χ0n) is 15.0. The van der Waals surface area contributed by atoms with Gasteiger partial charge in [0, 0.05) is 45.3 Å². The van der Waals surface area contributed by atoms with Gasteiger partial charge in [0.15, 0.2) is 5.96 Å². The molecule has 0 aromatic heterocycles. The highest BCUT2D eigenvalue weighted by atomic mass is 16.5. The van der Waals surface area contributed by atoms with Crippen LogP contribution in [0.5, 0.6) is 5.75 Å². The van der Waals surface area contributed by atoms with Crippen LogP contribution < -0.4 is 10.1 Å². The van der Waals surface area contributed by atoms with E-state index in [1.54, 1.807) is 14.2 Å². The molecule has 1 aromatic carbocycles. The molecular formula is C18H29N3O3. The number of para-hydroxylation sites is 1. The molecule has 1 atom stereocenters. The first-order valence-corrected chi connectivity index (χ1v) is 8.42. The van der Waals surface area contributed by atoms with Gasteiger partial charge in [-0.1, -0.05) is 18.2 Å². The molecule has 2 rings (SSSR count). The SMILES string of the molecule is CN=C(NCc1ccccc1OC)N1CCC(COCCOC)C1. The highest BCUT2D eigenvalue weighted by Gasteiger charge is 2.25. The van der Waals surface area contributed by atoms with Crippen LogP contribution in [-0.4, -0.2) is 65.0 Å². The minimum Gasteiger partial charge on any atom is -0.496 e. The van der Waals surface area contributed by atoms with E-state index >= 15 is 0 Å². The van der Waals surface area contributed by atoms with Crippen LogP contribution in [0.25, 0.3) is 0 Å². The van der Waals surface area contributed by atoms with Crippen LogP contribution in [-0.2, 0) is 16.0 Å². The lowest BCUT2D eigenvalue weighted by Crippen LogP contribution is -2.39. The zero-order valence-corrected chi connectivity index (χ0v) is 15.0. The smallest absolute Gasteiger partial charge is 0.193 e. The van der Waals surface area contributed by atoms with Gasteiger partial charge in [-0.15, -0.1) is 0 Å². The van der Waals surface area contributed by atoms with E-state index in [1.807, 2.05) is 25.2 Å². The Bertz CT molecular complexity index is 522. The van der Waals surface area contributed by atoms with Gasteiger partial charge in [0.2, 0.25) is 0 Å². The number of aliphatic imine (C=N–C) groups is 1. The third-order valence-corrected chi connectivity index (χ3v) is 4.21. The van der Waals surface area contributed by atoms with Crippen molar-refractivity contribution in [1.82, 2.24) is 10.2 Å². The molecule has 1 N–H and O–H groups in total. The van der Waals surface area contributed by atoms with Gasteiger partial charge in [0.1, 0.15) is 5.75 Å². The minimum atomic E-state index is 0.548. The summed E-state index contributed by atoms with van der Waals surface area (Å²) < 4.78 is 16.0. The van der Waals surface area contributed by atoms with Gasteiger partial charge < -0.3 is 24.4 Å². The largest absolute Gasteiger partial charge is 0.496 e. The fourth-order valence-electron chi connectivity index (χ4n) is 2.91. The molecule has 1 aliphatic heterocycles. The van der Waals surface area contributed by atoms with Crippen LogP contribution in [0.3, 0.4) is 0 Å². The normalized spacial score (nSPS) is 18.0. The minimum absolute atomic E-state index is 0.548. The van der Waals surface area contributed by atoms with Crippen LogP contribution in [0.2, 0.25) is 0 Å². The topological polar surface area (TPSA) is 55.3 Å². The van der Waals surface area contributed by atoms with E-state index in [-0.39, 0.29) is 0 Å². The molecule has 0 bridgehead atoms. The Morgan fingerprint density at radius 2 is 2.12 bits per heavy atom. The first-order chi connectivity index (χ1) is 11.8. The van der Waals surface area contributed by atoms with E-state index in [0.29, 0.717) is 25.7 Å². The first kappa shape index (κ1) is 18.5. The maximum atomic E-state index is 5.65. The molecule has 1 aliphatic rings. The third-order valence-electron chi connectivity index (χ3n) is 4.21. The number of hydrogen-bond acceptors (Lipinski definition) is 4. The second-order valence-corrected chi connectivity index (χ2v) is 5.88. The Balaban J connectivity index is 1.80. The molecular weight excluding hydrogens is 306 g/mol. The highest BCUT2D eigenvalue weighted by molar-refractivity contribution is 5.80. The van der Waals surface area contributed by atoms with Crippen molar-refractivity contribution in [3.8, 4) is 5.75 Å². The first-order valence-electron chi connectivity index (χ1n) is 8.42. The Hall–Kier alpha value is -1.79. The highest BCUT2D eigenvalue weighted by Crippen LogP contribution is 2.19. The standard InChI is InChI=1S/C18H29N3O3/c1-19-18(20-12-16-6-4-5-7-17(16)23-3)21-9-8-15(13-21)14-24-11-10-22-2/h4-7,15H,8-14H2,1-3H3,(H,19,20). The summed E-state index contributed by atoms with van der Waals surface area (Å²) in [7, 11) is 5.22. The van der Waals surface area contributed by atoms with Crippen LogP contribution >= 0.6 is 0 Å². The van der Waals surface area contributed by atoms with Crippen LogP contribution in [0.4, 0.5) is 0 Å². The van der Waals surface area contributed by atoms with Crippen molar-refractivity contribution in [2.24, 2.45) is 10.9 Å². The summed E-state index contributed by atoms with van der Waals surface area (Å²) in [5, 5.41) is 3.43. The Labute approximate surface area is 144 Å². The van der Waals surface area contributed by atoms with Crippen molar-refractivity contribution in [1.29, 1.82) is 0 Å². The molecule has 0 aliphatic carbocycles. The summed E-state index contributed by atoms with van der Waals surface area (Å²) in [6.07, 6.45) is 1.13. The van der Waals surface area contributed by atoms with Gasteiger partial charge in [0.25, 0.3) is 0 Å². The van der Waals surface area contributed by atoms with E-state index in [0.717, 1.165) is 43.4 Å². The van der Waals surface area contributed by atoms with E-state index in [2.05, 4.69) is 21.3 Å². The van der Waals surface area contributed by atoms with Gasteiger partial charge in [0.05, 0.1) is 26.9 Å². The van der Waals surface area contributed by atoms with Crippen molar-refractivity contribution >= 4 is 5.96 Å². The molecule has 0 amide bonds.